The Morgan fingerprint density at radius 3 is 2.48 bits per heavy atom. The van der Waals surface area contributed by atoms with E-state index >= 15 is 0 Å². The summed E-state index contributed by atoms with van der Waals surface area (Å²) < 4.78 is 43.9. The Bertz CT molecular complexity index is 590. The number of nitrogens with zero attached hydrogens (tertiary/aromatic N) is 3. The fraction of sp³-hybridized carbons (Fsp3) is 0.167. The lowest BCUT2D eigenvalue weighted by atomic mass is 10.2. The van der Waals surface area contributed by atoms with Crippen molar-refractivity contribution >= 4 is 51.4 Å². The first-order valence-corrected chi connectivity index (χ1v) is 7.89. The molecule has 5 nitrogen and oxygen atoms in total. The SMILES string of the molecule is C=NC(=NC(=C)N(COI)c1c(F)cccc1F)S(C)=O. The van der Waals surface area contributed by atoms with Crippen molar-refractivity contribution < 1.29 is 16.1 Å². The maximum Gasteiger partial charge on any atom is 0.219 e. The molecule has 0 heterocycles. The molecule has 0 bridgehead atoms. The summed E-state index contributed by atoms with van der Waals surface area (Å²) in [5, 5.41) is -0.102. The van der Waals surface area contributed by atoms with Gasteiger partial charge in [-0.3, -0.25) is 12.2 Å². The minimum absolute atomic E-state index is 0.0757. The highest BCUT2D eigenvalue weighted by Gasteiger charge is 2.20. The van der Waals surface area contributed by atoms with Gasteiger partial charge in [0.1, 0.15) is 52.9 Å². The van der Waals surface area contributed by atoms with Crippen molar-refractivity contribution in [2.24, 2.45) is 9.98 Å². The summed E-state index contributed by atoms with van der Waals surface area (Å²) in [4.78, 5) is 8.43. The zero-order valence-electron chi connectivity index (χ0n) is 11.1. The highest BCUT2D eigenvalue weighted by molar-refractivity contribution is 14.1. The molecule has 0 saturated heterocycles. The van der Waals surface area contributed by atoms with Gasteiger partial charge in [0.2, 0.25) is 5.17 Å². The van der Waals surface area contributed by atoms with Gasteiger partial charge in [-0.1, -0.05) is 12.6 Å². The van der Waals surface area contributed by atoms with Crippen LogP contribution in [0.1, 0.15) is 0 Å². The van der Waals surface area contributed by atoms with Gasteiger partial charge in [0.05, 0.1) is 10.8 Å². The molecular weight excluding hydrogens is 415 g/mol. The molecule has 0 N–H and O–H groups in total. The predicted molar refractivity (Wildman–Crippen MR) is 89.0 cm³/mol. The maximum absolute atomic E-state index is 13.8. The van der Waals surface area contributed by atoms with Crippen molar-refractivity contribution in [3.8, 4) is 0 Å². The van der Waals surface area contributed by atoms with Gasteiger partial charge >= 0.3 is 0 Å². The van der Waals surface area contributed by atoms with Crippen LogP contribution < -0.4 is 4.90 Å². The van der Waals surface area contributed by atoms with Gasteiger partial charge in [0.25, 0.3) is 0 Å². The topological polar surface area (TPSA) is 54.3 Å². The molecule has 0 aliphatic carbocycles. The van der Waals surface area contributed by atoms with Gasteiger partial charge in [0, 0.05) is 6.26 Å². The third kappa shape index (κ3) is 4.64. The molecule has 0 aliphatic heterocycles. The van der Waals surface area contributed by atoms with Gasteiger partial charge < -0.3 is 0 Å². The van der Waals surface area contributed by atoms with Gasteiger partial charge in [-0.15, -0.1) is 0 Å². The average Bonchev–Trinajstić information content (AvgIpc) is 2.42. The molecule has 9 heteroatoms. The Hall–Kier alpha value is -1.20. The Balaban J connectivity index is 3.27. The smallest absolute Gasteiger partial charge is 0.219 e. The van der Waals surface area contributed by atoms with E-state index in [4.69, 9.17) is 3.07 Å². The normalized spacial score (nSPS) is 12.9. The van der Waals surface area contributed by atoms with E-state index in [0.717, 1.165) is 17.0 Å². The molecule has 21 heavy (non-hydrogen) atoms. The average molecular weight is 427 g/mol. The second-order valence-electron chi connectivity index (χ2n) is 3.66. The number of amidine groups is 1. The van der Waals surface area contributed by atoms with E-state index in [-0.39, 0.29) is 23.4 Å². The zero-order chi connectivity index (χ0) is 16.0. The van der Waals surface area contributed by atoms with Gasteiger partial charge in [0.15, 0.2) is 0 Å². The summed E-state index contributed by atoms with van der Waals surface area (Å²) in [5.74, 6) is -1.68. The zero-order valence-corrected chi connectivity index (χ0v) is 14.0. The molecular formula is C12H12F2IN3O2S. The molecule has 0 amide bonds. The highest BCUT2D eigenvalue weighted by Crippen LogP contribution is 2.27. The van der Waals surface area contributed by atoms with Crippen LogP contribution in [0.2, 0.25) is 0 Å². The Morgan fingerprint density at radius 1 is 1.48 bits per heavy atom. The first-order valence-electron chi connectivity index (χ1n) is 5.45. The van der Waals surface area contributed by atoms with Crippen LogP contribution >= 0.6 is 23.0 Å². The van der Waals surface area contributed by atoms with E-state index in [2.05, 4.69) is 23.3 Å². The molecule has 0 saturated carbocycles. The van der Waals surface area contributed by atoms with Crippen LogP contribution in [0.15, 0.2) is 40.6 Å². The monoisotopic (exact) mass is 427 g/mol. The van der Waals surface area contributed by atoms with Crippen molar-refractivity contribution in [2.75, 3.05) is 17.9 Å². The van der Waals surface area contributed by atoms with Crippen LogP contribution in [0.5, 0.6) is 0 Å². The van der Waals surface area contributed by atoms with Crippen molar-refractivity contribution in [3.05, 3.63) is 42.2 Å². The van der Waals surface area contributed by atoms with Crippen molar-refractivity contribution in [3.63, 3.8) is 0 Å². The maximum atomic E-state index is 13.8. The molecule has 0 aliphatic rings. The van der Waals surface area contributed by atoms with E-state index in [1.165, 1.54) is 12.3 Å². The third-order valence-electron chi connectivity index (χ3n) is 2.31. The lowest BCUT2D eigenvalue weighted by Crippen LogP contribution is -2.25. The summed E-state index contributed by atoms with van der Waals surface area (Å²) in [5.41, 5.74) is -0.367. The van der Waals surface area contributed by atoms with E-state index in [1.807, 2.05) is 0 Å². The second kappa shape index (κ2) is 8.29. The highest BCUT2D eigenvalue weighted by atomic mass is 127. The van der Waals surface area contributed by atoms with Crippen LogP contribution in [0, 0.1) is 11.6 Å². The first kappa shape index (κ1) is 17.9. The van der Waals surface area contributed by atoms with E-state index < -0.39 is 22.4 Å². The number of rotatable bonds is 5. The van der Waals surface area contributed by atoms with Gasteiger partial charge in [-0.2, -0.15) is 0 Å². The number of aliphatic imine (C=N–C) groups is 2. The number of para-hydroxylation sites is 1. The predicted octanol–water partition coefficient (Wildman–Crippen LogP) is 3.00. The molecule has 1 aromatic rings. The lowest BCUT2D eigenvalue weighted by molar-refractivity contribution is 0.422. The van der Waals surface area contributed by atoms with E-state index in [1.54, 1.807) is 23.0 Å². The molecule has 1 rings (SSSR count). The number of benzene rings is 1. The lowest BCUT2D eigenvalue weighted by Gasteiger charge is -2.23. The van der Waals surface area contributed by atoms with E-state index in [9.17, 15) is 13.0 Å². The third-order valence-corrected chi connectivity index (χ3v) is 3.33. The van der Waals surface area contributed by atoms with Crippen molar-refractivity contribution in [1.82, 2.24) is 0 Å². The van der Waals surface area contributed by atoms with Gasteiger partial charge in [-0.25, -0.2) is 18.8 Å². The van der Waals surface area contributed by atoms with Crippen LogP contribution in [-0.2, 0) is 13.9 Å². The minimum Gasteiger partial charge on any atom is -0.297 e. The van der Waals surface area contributed by atoms with Crippen molar-refractivity contribution in [2.45, 2.75) is 0 Å². The first-order chi connectivity index (χ1) is 9.92. The fourth-order valence-electron chi connectivity index (χ4n) is 1.43. The molecule has 0 fully saturated rings. The molecule has 1 unspecified atom stereocenters. The summed E-state index contributed by atoms with van der Waals surface area (Å²) in [6, 6.07) is 3.43. The number of hydrogen-bond donors (Lipinski definition) is 0. The summed E-state index contributed by atoms with van der Waals surface area (Å²) in [7, 11) is -1.51. The van der Waals surface area contributed by atoms with Crippen LogP contribution in [0.3, 0.4) is 0 Å². The number of halogens is 3. The summed E-state index contributed by atoms with van der Waals surface area (Å²) in [6.45, 7) is 6.63. The minimum atomic E-state index is -1.51. The largest absolute Gasteiger partial charge is 0.297 e. The van der Waals surface area contributed by atoms with Crippen LogP contribution in [0.4, 0.5) is 14.5 Å². The second-order valence-corrected chi connectivity index (χ2v) is 5.56. The standard InChI is InChI=1S/C12H12F2IN3O2S/c1-8(17-12(16-2)21(3)19)18(7-20-15)11-9(13)5-4-6-10(11)14/h4-6H,1-2,7H2,3H3. The molecule has 114 valence electrons. The quantitative estimate of drug-likeness (QED) is 0.314. The Labute approximate surface area is 137 Å². The summed E-state index contributed by atoms with van der Waals surface area (Å²) >= 11 is 1.57. The summed E-state index contributed by atoms with van der Waals surface area (Å²) in [6.07, 6.45) is 1.35. The molecule has 0 aromatic heterocycles. The van der Waals surface area contributed by atoms with Crippen LogP contribution in [-0.4, -0.2) is 29.1 Å². The Morgan fingerprint density at radius 2 is 2.05 bits per heavy atom. The molecule has 0 spiro atoms. The molecule has 1 aromatic carbocycles. The van der Waals surface area contributed by atoms with Gasteiger partial charge in [-0.05, 0) is 18.9 Å². The van der Waals surface area contributed by atoms with Crippen LogP contribution in [0.25, 0.3) is 0 Å². The number of hydrogen-bond acceptors (Lipinski definition) is 4. The molecule has 1 atom stereocenters. The van der Waals surface area contributed by atoms with Crippen molar-refractivity contribution in [1.29, 1.82) is 0 Å². The fourth-order valence-corrected chi connectivity index (χ4v) is 2.12. The Kier molecular flexibility index (Phi) is 7.05. The molecule has 0 radical (unpaired) electrons. The van der Waals surface area contributed by atoms with E-state index in [0.29, 0.717) is 0 Å². The number of anilines is 1.